The lowest BCUT2D eigenvalue weighted by Crippen LogP contribution is -2.36. The van der Waals surface area contributed by atoms with E-state index in [1.54, 1.807) is 7.05 Å². The zero-order chi connectivity index (χ0) is 10.8. The van der Waals surface area contributed by atoms with E-state index in [0.717, 1.165) is 31.5 Å². The van der Waals surface area contributed by atoms with Gasteiger partial charge in [0.2, 0.25) is 0 Å². The van der Waals surface area contributed by atoms with Gasteiger partial charge in [-0.3, -0.25) is 14.3 Å². The summed E-state index contributed by atoms with van der Waals surface area (Å²) in [5.41, 5.74) is 0.119. The van der Waals surface area contributed by atoms with E-state index in [1.807, 2.05) is 0 Å². The maximum absolute atomic E-state index is 11.4. The van der Waals surface area contributed by atoms with Gasteiger partial charge in [-0.05, 0) is 19.4 Å². The van der Waals surface area contributed by atoms with Crippen molar-refractivity contribution in [3.63, 3.8) is 0 Å². The number of aromatic amines is 1. The first-order valence-electron chi connectivity index (χ1n) is 5.22. The molecule has 0 bridgehead atoms. The van der Waals surface area contributed by atoms with Crippen molar-refractivity contribution in [2.24, 2.45) is 7.05 Å². The van der Waals surface area contributed by atoms with Crippen LogP contribution in [0.25, 0.3) is 0 Å². The van der Waals surface area contributed by atoms with Gasteiger partial charge < -0.3 is 5.32 Å². The van der Waals surface area contributed by atoms with Crippen molar-refractivity contribution in [1.29, 1.82) is 0 Å². The Kier molecular flexibility index (Phi) is 2.73. The van der Waals surface area contributed by atoms with E-state index in [2.05, 4.69) is 10.3 Å². The molecule has 2 heterocycles. The topological polar surface area (TPSA) is 66.9 Å². The standard InChI is InChI=1S/C10H15N3O2/c1-13-8(6-9(14)12-10(13)15)7-4-2-3-5-11-7/h6-7,11H,2-5H2,1H3,(H,12,14,15). The Bertz CT molecular complexity index is 454. The molecule has 15 heavy (non-hydrogen) atoms. The molecule has 1 aliphatic rings. The number of hydrogen-bond donors (Lipinski definition) is 2. The molecule has 1 atom stereocenters. The molecule has 2 rings (SSSR count). The van der Waals surface area contributed by atoms with Crippen LogP contribution in [0.2, 0.25) is 0 Å². The lowest BCUT2D eigenvalue weighted by Gasteiger charge is -2.24. The molecule has 1 unspecified atom stereocenters. The molecule has 2 N–H and O–H groups in total. The third-order valence-corrected chi connectivity index (χ3v) is 2.87. The molecule has 1 aromatic rings. The third-order valence-electron chi connectivity index (χ3n) is 2.87. The molecule has 1 saturated heterocycles. The van der Waals surface area contributed by atoms with Crippen molar-refractivity contribution in [3.05, 3.63) is 32.6 Å². The Morgan fingerprint density at radius 3 is 2.87 bits per heavy atom. The SMILES string of the molecule is Cn1c(C2CCCCN2)cc(=O)[nH]c1=O. The summed E-state index contributed by atoms with van der Waals surface area (Å²) < 4.78 is 1.50. The second-order valence-corrected chi connectivity index (χ2v) is 3.93. The lowest BCUT2D eigenvalue weighted by atomic mass is 10.0. The zero-order valence-corrected chi connectivity index (χ0v) is 8.75. The molecule has 5 nitrogen and oxygen atoms in total. The maximum Gasteiger partial charge on any atom is 0.328 e. The fourth-order valence-corrected chi connectivity index (χ4v) is 2.01. The summed E-state index contributed by atoms with van der Waals surface area (Å²) in [5, 5.41) is 3.32. The molecule has 0 aliphatic carbocycles. The van der Waals surface area contributed by atoms with E-state index >= 15 is 0 Å². The fourth-order valence-electron chi connectivity index (χ4n) is 2.01. The number of aromatic nitrogens is 2. The average molecular weight is 209 g/mol. The number of hydrogen-bond acceptors (Lipinski definition) is 3. The van der Waals surface area contributed by atoms with Gasteiger partial charge in [0.1, 0.15) is 0 Å². The Labute approximate surface area is 87.1 Å². The minimum absolute atomic E-state index is 0.138. The van der Waals surface area contributed by atoms with Gasteiger partial charge in [-0.15, -0.1) is 0 Å². The second kappa shape index (κ2) is 4.02. The van der Waals surface area contributed by atoms with E-state index in [1.165, 1.54) is 10.6 Å². The molecule has 0 amide bonds. The van der Waals surface area contributed by atoms with Crippen molar-refractivity contribution in [2.45, 2.75) is 25.3 Å². The van der Waals surface area contributed by atoms with Gasteiger partial charge in [0.05, 0.1) is 0 Å². The molecular formula is C10H15N3O2. The second-order valence-electron chi connectivity index (χ2n) is 3.93. The van der Waals surface area contributed by atoms with Crippen LogP contribution in [0.1, 0.15) is 31.0 Å². The van der Waals surface area contributed by atoms with Crippen molar-refractivity contribution in [2.75, 3.05) is 6.54 Å². The highest BCUT2D eigenvalue weighted by atomic mass is 16.2. The van der Waals surface area contributed by atoms with Crippen LogP contribution in [0.3, 0.4) is 0 Å². The van der Waals surface area contributed by atoms with Crippen molar-refractivity contribution in [1.82, 2.24) is 14.9 Å². The van der Waals surface area contributed by atoms with E-state index in [-0.39, 0.29) is 17.3 Å². The van der Waals surface area contributed by atoms with Crippen LogP contribution in [0.5, 0.6) is 0 Å². The first-order chi connectivity index (χ1) is 7.18. The Balaban J connectivity index is 2.42. The molecule has 1 aliphatic heterocycles. The zero-order valence-electron chi connectivity index (χ0n) is 8.75. The number of rotatable bonds is 1. The number of H-pyrrole nitrogens is 1. The van der Waals surface area contributed by atoms with Crippen LogP contribution in [0.15, 0.2) is 15.7 Å². The van der Waals surface area contributed by atoms with Crippen LogP contribution in [0.4, 0.5) is 0 Å². The lowest BCUT2D eigenvalue weighted by molar-refractivity contribution is 0.393. The monoisotopic (exact) mass is 209 g/mol. The van der Waals surface area contributed by atoms with Gasteiger partial charge in [-0.25, -0.2) is 4.79 Å². The van der Waals surface area contributed by atoms with Crippen LogP contribution in [-0.2, 0) is 7.05 Å². The smallest absolute Gasteiger partial charge is 0.309 e. The first kappa shape index (κ1) is 10.2. The van der Waals surface area contributed by atoms with Crippen LogP contribution >= 0.6 is 0 Å². The fraction of sp³-hybridized carbons (Fsp3) is 0.600. The summed E-state index contributed by atoms with van der Waals surface area (Å²) in [6.45, 7) is 0.950. The van der Waals surface area contributed by atoms with Crippen molar-refractivity contribution < 1.29 is 0 Å². The normalized spacial score (nSPS) is 21.5. The van der Waals surface area contributed by atoms with E-state index in [4.69, 9.17) is 0 Å². The molecule has 5 heteroatoms. The van der Waals surface area contributed by atoms with Gasteiger partial charge >= 0.3 is 5.69 Å². The van der Waals surface area contributed by atoms with Gasteiger partial charge in [0.15, 0.2) is 0 Å². The predicted octanol–water partition coefficient (Wildman–Crippen LogP) is -0.112. The Morgan fingerprint density at radius 2 is 2.20 bits per heavy atom. The summed E-state index contributed by atoms with van der Waals surface area (Å²) in [6, 6.07) is 1.64. The minimum Gasteiger partial charge on any atom is -0.309 e. The molecule has 82 valence electrons. The molecule has 1 fully saturated rings. The average Bonchev–Trinajstić information content (AvgIpc) is 2.24. The van der Waals surface area contributed by atoms with Gasteiger partial charge in [-0.2, -0.15) is 0 Å². The molecule has 1 aromatic heterocycles. The van der Waals surface area contributed by atoms with Crippen LogP contribution in [-0.4, -0.2) is 16.1 Å². The van der Waals surface area contributed by atoms with Crippen LogP contribution < -0.4 is 16.6 Å². The van der Waals surface area contributed by atoms with Crippen LogP contribution in [0, 0.1) is 0 Å². The number of piperidine rings is 1. The van der Waals surface area contributed by atoms with Gasteiger partial charge in [0, 0.05) is 24.8 Å². The molecule has 0 aromatic carbocycles. The predicted molar refractivity (Wildman–Crippen MR) is 56.9 cm³/mol. The molecule has 0 saturated carbocycles. The maximum atomic E-state index is 11.4. The van der Waals surface area contributed by atoms with E-state index < -0.39 is 0 Å². The molecule has 0 spiro atoms. The van der Waals surface area contributed by atoms with Gasteiger partial charge in [-0.1, -0.05) is 6.42 Å². The quantitative estimate of drug-likeness (QED) is 0.678. The van der Waals surface area contributed by atoms with Crippen molar-refractivity contribution in [3.8, 4) is 0 Å². The third kappa shape index (κ3) is 2.02. The highest BCUT2D eigenvalue weighted by Crippen LogP contribution is 2.20. The molecular weight excluding hydrogens is 194 g/mol. The number of nitrogens with one attached hydrogen (secondary N) is 2. The van der Waals surface area contributed by atoms with E-state index in [9.17, 15) is 9.59 Å². The molecule has 0 radical (unpaired) electrons. The largest absolute Gasteiger partial charge is 0.328 e. The Morgan fingerprint density at radius 1 is 1.40 bits per heavy atom. The van der Waals surface area contributed by atoms with E-state index in [0.29, 0.717) is 0 Å². The highest BCUT2D eigenvalue weighted by Gasteiger charge is 2.17. The number of nitrogens with zero attached hydrogens (tertiary/aromatic N) is 1. The first-order valence-corrected chi connectivity index (χ1v) is 5.22. The summed E-state index contributed by atoms with van der Waals surface area (Å²) >= 11 is 0. The summed E-state index contributed by atoms with van der Waals surface area (Å²) in [7, 11) is 1.68. The highest BCUT2D eigenvalue weighted by molar-refractivity contribution is 5.07. The Hall–Kier alpha value is -1.36. The summed E-state index contributed by atoms with van der Waals surface area (Å²) in [5.74, 6) is 0. The summed E-state index contributed by atoms with van der Waals surface area (Å²) in [6.07, 6.45) is 3.28. The van der Waals surface area contributed by atoms with Gasteiger partial charge in [0.25, 0.3) is 5.56 Å². The van der Waals surface area contributed by atoms with Crippen molar-refractivity contribution >= 4 is 0 Å². The summed E-state index contributed by atoms with van der Waals surface area (Å²) in [4.78, 5) is 24.8. The minimum atomic E-state index is -0.343.